The van der Waals surface area contributed by atoms with E-state index in [-0.39, 0.29) is 0 Å². The van der Waals surface area contributed by atoms with Crippen molar-refractivity contribution in [1.29, 1.82) is 0 Å². The van der Waals surface area contributed by atoms with Crippen LogP contribution in [0.4, 0.5) is 0 Å². The Morgan fingerprint density at radius 1 is 1.33 bits per heavy atom. The van der Waals surface area contributed by atoms with E-state index < -0.39 is 0 Å². The summed E-state index contributed by atoms with van der Waals surface area (Å²) in [5, 5.41) is 0. The van der Waals surface area contributed by atoms with Gasteiger partial charge in [-0.1, -0.05) is 26.0 Å². The van der Waals surface area contributed by atoms with Gasteiger partial charge in [-0.05, 0) is 25.2 Å². The van der Waals surface area contributed by atoms with Gasteiger partial charge >= 0.3 is 0 Å². The highest BCUT2D eigenvalue weighted by Crippen LogP contribution is 2.36. The lowest BCUT2D eigenvalue weighted by atomic mass is 9.89. The van der Waals surface area contributed by atoms with Crippen LogP contribution in [0.15, 0.2) is 12.2 Å². The lowest BCUT2D eigenvalue weighted by Crippen LogP contribution is -2.56. The second-order valence-corrected chi connectivity index (χ2v) is 4.91. The fraction of sp³-hybridized carbons (Fsp3) is 0.818. The van der Waals surface area contributed by atoms with E-state index in [0.29, 0.717) is 5.54 Å². The molecule has 2 atom stereocenters. The highest BCUT2D eigenvalue weighted by molar-refractivity contribution is 5.15. The van der Waals surface area contributed by atoms with Crippen molar-refractivity contribution in [3.05, 3.63) is 12.2 Å². The van der Waals surface area contributed by atoms with Crippen LogP contribution in [0.3, 0.4) is 0 Å². The van der Waals surface area contributed by atoms with Gasteiger partial charge in [0, 0.05) is 18.6 Å². The number of hydrogen-bond donors (Lipinski definition) is 0. The minimum atomic E-state index is 0.395. The summed E-state index contributed by atoms with van der Waals surface area (Å²) >= 11 is 0. The Balaban J connectivity index is 1.99. The summed E-state index contributed by atoms with van der Waals surface area (Å²) in [4.78, 5) is 2.61. The first-order valence-electron chi connectivity index (χ1n) is 5.04. The van der Waals surface area contributed by atoms with Gasteiger partial charge in [0.05, 0.1) is 0 Å². The van der Waals surface area contributed by atoms with Crippen LogP contribution >= 0.6 is 0 Å². The topological polar surface area (TPSA) is 3.24 Å². The number of rotatable bonds is 1. The molecule has 1 fully saturated rings. The number of nitrogens with zero attached hydrogens (tertiary/aromatic N) is 1. The lowest BCUT2D eigenvalue weighted by Gasteiger charge is -2.48. The SMILES string of the molecule is CC1C=CC(C)(N2CC(C)C2)C1. The minimum Gasteiger partial charge on any atom is -0.294 e. The lowest BCUT2D eigenvalue weighted by molar-refractivity contribution is 0.0248. The Labute approximate surface area is 75.4 Å². The number of likely N-dealkylation sites (tertiary alicyclic amines) is 1. The minimum absolute atomic E-state index is 0.395. The molecule has 68 valence electrons. The Bertz CT molecular complexity index is 203. The van der Waals surface area contributed by atoms with Crippen molar-refractivity contribution < 1.29 is 0 Å². The van der Waals surface area contributed by atoms with Gasteiger partial charge in [0.1, 0.15) is 0 Å². The van der Waals surface area contributed by atoms with Crippen LogP contribution in [0.1, 0.15) is 27.2 Å². The fourth-order valence-electron chi connectivity index (χ4n) is 2.51. The maximum atomic E-state index is 2.61. The molecule has 2 unspecified atom stereocenters. The highest BCUT2D eigenvalue weighted by atomic mass is 15.2. The molecule has 1 aliphatic carbocycles. The van der Waals surface area contributed by atoms with Crippen molar-refractivity contribution in [2.75, 3.05) is 13.1 Å². The van der Waals surface area contributed by atoms with Crippen molar-refractivity contribution in [1.82, 2.24) is 4.90 Å². The van der Waals surface area contributed by atoms with Gasteiger partial charge in [-0.2, -0.15) is 0 Å². The summed E-state index contributed by atoms with van der Waals surface area (Å²) in [6.07, 6.45) is 6.09. The molecule has 2 aliphatic rings. The molecule has 0 aromatic heterocycles. The summed E-state index contributed by atoms with van der Waals surface area (Å²) < 4.78 is 0. The third-order valence-electron chi connectivity index (χ3n) is 3.31. The summed E-state index contributed by atoms with van der Waals surface area (Å²) in [5.41, 5.74) is 0.395. The van der Waals surface area contributed by atoms with E-state index >= 15 is 0 Å². The van der Waals surface area contributed by atoms with Crippen molar-refractivity contribution in [2.24, 2.45) is 11.8 Å². The Hall–Kier alpha value is -0.300. The van der Waals surface area contributed by atoms with Gasteiger partial charge in [0.2, 0.25) is 0 Å². The van der Waals surface area contributed by atoms with Gasteiger partial charge in [0.15, 0.2) is 0 Å². The maximum absolute atomic E-state index is 2.61. The largest absolute Gasteiger partial charge is 0.294 e. The molecule has 1 aliphatic heterocycles. The average Bonchev–Trinajstić information content (AvgIpc) is 2.26. The first-order valence-corrected chi connectivity index (χ1v) is 5.04. The highest BCUT2D eigenvalue weighted by Gasteiger charge is 2.39. The van der Waals surface area contributed by atoms with Gasteiger partial charge in [-0.15, -0.1) is 0 Å². The molecular weight excluding hydrogens is 146 g/mol. The molecule has 0 bridgehead atoms. The summed E-state index contributed by atoms with van der Waals surface area (Å²) in [7, 11) is 0. The molecule has 0 spiro atoms. The average molecular weight is 165 g/mol. The molecule has 0 saturated carbocycles. The van der Waals surface area contributed by atoms with E-state index in [2.05, 4.69) is 37.8 Å². The molecule has 1 heteroatoms. The Morgan fingerprint density at radius 3 is 2.42 bits per heavy atom. The molecule has 0 amide bonds. The van der Waals surface area contributed by atoms with Crippen LogP contribution in [0.5, 0.6) is 0 Å². The maximum Gasteiger partial charge on any atom is 0.0368 e. The third kappa shape index (κ3) is 1.20. The molecule has 0 N–H and O–H groups in total. The quantitative estimate of drug-likeness (QED) is 0.539. The second kappa shape index (κ2) is 2.59. The predicted molar refractivity (Wildman–Crippen MR) is 52.1 cm³/mol. The summed E-state index contributed by atoms with van der Waals surface area (Å²) in [6.45, 7) is 9.62. The van der Waals surface area contributed by atoms with Crippen LogP contribution in [0, 0.1) is 11.8 Å². The van der Waals surface area contributed by atoms with Crippen LogP contribution in [0.2, 0.25) is 0 Å². The summed E-state index contributed by atoms with van der Waals surface area (Å²) in [6, 6.07) is 0. The van der Waals surface area contributed by atoms with Crippen LogP contribution in [-0.4, -0.2) is 23.5 Å². The van der Waals surface area contributed by atoms with E-state index in [4.69, 9.17) is 0 Å². The monoisotopic (exact) mass is 165 g/mol. The smallest absolute Gasteiger partial charge is 0.0368 e. The van der Waals surface area contributed by atoms with Crippen LogP contribution in [-0.2, 0) is 0 Å². The van der Waals surface area contributed by atoms with Gasteiger partial charge in [-0.3, -0.25) is 4.90 Å². The zero-order chi connectivity index (χ0) is 8.77. The summed E-state index contributed by atoms with van der Waals surface area (Å²) in [5.74, 6) is 1.71. The molecule has 12 heavy (non-hydrogen) atoms. The Morgan fingerprint density at radius 2 is 2.00 bits per heavy atom. The normalized spacial score (nSPS) is 43.4. The molecule has 0 radical (unpaired) electrons. The molecule has 1 heterocycles. The van der Waals surface area contributed by atoms with Crippen molar-refractivity contribution in [2.45, 2.75) is 32.7 Å². The first kappa shape index (κ1) is 8.31. The standard InChI is InChI=1S/C11H19N/c1-9-4-5-11(3,6-9)12-7-10(2)8-12/h4-5,9-10H,6-8H2,1-3H3. The second-order valence-electron chi connectivity index (χ2n) is 4.91. The zero-order valence-electron chi connectivity index (χ0n) is 8.38. The predicted octanol–water partition coefficient (Wildman–Crippen LogP) is 2.29. The first-order chi connectivity index (χ1) is 5.60. The van der Waals surface area contributed by atoms with Crippen molar-refractivity contribution >= 4 is 0 Å². The molecule has 2 rings (SSSR count). The van der Waals surface area contributed by atoms with Crippen molar-refractivity contribution in [3.8, 4) is 0 Å². The van der Waals surface area contributed by atoms with Gasteiger partial charge in [0.25, 0.3) is 0 Å². The van der Waals surface area contributed by atoms with Crippen LogP contribution < -0.4 is 0 Å². The van der Waals surface area contributed by atoms with E-state index in [1.54, 1.807) is 0 Å². The molecule has 1 saturated heterocycles. The molecular formula is C11H19N. The zero-order valence-corrected chi connectivity index (χ0v) is 8.38. The van der Waals surface area contributed by atoms with Gasteiger partial charge in [-0.25, -0.2) is 0 Å². The molecule has 0 aromatic rings. The number of allylic oxidation sites excluding steroid dienone is 1. The third-order valence-corrected chi connectivity index (χ3v) is 3.31. The fourth-order valence-corrected chi connectivity index (χ4v) is 2.51. The van der Waals surface area contributed by atoms with Gasteiger partial charge < -0.3 is 0 Å². The van der Waals surface area contributed by atoms with Crippen LogP contribution in [0.25, 0.3) is 0 Å². The Kier molecular flexibility index (Phi) is 1.80. The number of hydrogen-bond acceptors (Lipinski definition) is 1. The van der Waals surface area contributed by atoms with E-state index in [9.17, 15) is 0 Å². The van der Waals surface area contributed by atoms with E-state index in [1.165, 1.54) is 19.5 Å². The van der Waals surface area contributed by atoms with E-state index in [0.717, 1.165) is 11.8 Å². The molecule has 0 aromatic carbocycles. The van der Waals surface area contributed by atoms with E-state index in [1.807, 2.05) is 0 Å². The van der Waals surface area contributed by atoms with Crippen molar-refractivity contribution in [3.63, 3.8) is 0 Å². The molecule has 1 nitrogen and oxygen atoms in total.